The molecule has 2 aliphatic carbocycles. The summed E-state index contributed by atoms with van der Waals surface area (Å²) in [6.45, 7) is 29.0. The summed E-state index contributed by atoms with van der Waals surface area (Å²) in [4.78, 5) is 115. The van der Waals surface area contributed by atoms with E-state index in [1.54, 1.807) is 50.2 Å². The molecule has 1 saturated carbocycles. The molecule has 2 unspecified atom stereocenters. The van der Waals surface area contributed by atoms with E-state index in [1.165, 1.54) is 50.6 Å². The molecular formula is C68H90N4O15. The van der Waals surface area contributed by atoms with Crippen molar-refractivity contribution < 1.29 is 72.0 Å². The lowest BCUT2D eigenvalue weighted by atomic mass is 9.70. The molecule has 19 heteroatoms. The van der Waals surface area contributed by atoms with Crippen molar-refractivity contribution in [2.75, 3.05) is 26.4 Å². The number of hydrogen-bond donors (Lipinski definition) is 5. The van der Waals surface area contributed by atoms with Crippen molar-refractivity contribution in [1.29, 1.82) is 0 Å². The second-order valence-corrected chi connectivity index (χ2v) is 23.5. The van der Waals surface area contributed by atoms with Gasteiger partial charge >= 0.3 is 11.9 Å². The number of allylic oxidation sites excluding steroid dienone is 2. The van der Waals surface area contributed by atoms with Crippen molar-refractivity contribution in [3.05, 3.63) is 162 Å². The Hall–Kier alpha value is -8.26. The number of dihydropyridines is 1. The number of carboxylic acids is 1. The maximum Gasteiger partial charge on any atom is 0.336 e. The first-order chi connectivity index (χ1) is 40.1. The number of carbonyl (C=O) groups is 10. The number of Topliss-reactive ketones (excluding diaryl/α,β-unsaturated/α-hetero) is 4. The highest BCUT2D eigenvalue weighted by Crippen LogP contribution is 2.47. The van der Waals surface area contributed by atoms with Gasteiger partial charge in [0.25, 0.3) is 5.97 Å². The van der Waals surface area contributed by atoms with Crippen LogP contribution in [-0.4, -0.2) is 102 Å². The van der Waals surface area contributed by atoms with E-state index in [0.717, 1.165) is 12.6 Å². The predicted octanol–water partition coefficient (Wildman–Crippen LogP) is 10.6. The standard InChI is InChI=1S/C33H40N2O5.C15H18O2.C10H18O4.C8H7NO2.C2H4O2.H3N/c1-8-39-32(38)30-25(17-40-33(5,6)7)35-24-15-23(27-19(3)12-18(2)13-20(27)4)16-26(36)29(24)28(30)21-10-9-11-22(14-21)31(34)37;1-9-4-10(2)15(11(3)5-9)12-6-13(16)8-14(17)7-12;1-5-13-9(12)6-8(11)7-14-10(2,3)4;9-8(11)7-3-1-2-6(4-7)5-10;1-2(3)4;/h9-14,23,28,35H,8,15-17H2,1-7H3,(H2,34,37);4-5,12H,6-8H2,1-3H3;5-7H2,1-4H3;1-5H,(H2,9,11);1H3,(H,3,4);1H3. The lowest BCUT2D eigenvalue weighted by Gasteiger charge is -2.38. The van der Waals surface area contributed by atoms with Crippen molar-refractivity contribution in [2.24, 2.45) is 11.5 Å². The smallest absolute Gasteiger partial charge is 0.336 e. The van der Waals surface area contributed by atoms with Gasteiger partial charge in [-0.15, -0.1) is 0 Å². The van der Waals surface area contributed by atoms with Gasteiger partial charge in [-0.3, -0.25) is 43.2 Å². The summed E-state index contributed by atoms with van der Waals surface area (Å²) in [5.74, 6) is -3.69. The van der Waals surface area contributed by atoms with Crippen LogP contribution in [0.5, 0.6) is 0 Å². The molecule has 0 spiro atoms. The van der Waals surface area contributed by atoms with Crippen LogP contribution in [0.4, 0.5) is 0 Å². The summed E-state index contributed by atoms with van der Waals surface area (Å²) in [6.07, 6.45) is 2.58. The third-order valence-corrected chi connectivity index (χ3v) is 13.6. The summed E-state index contributed by atoms with van der Waals surface area (Å²) >= 11 is 0. The van der Waals surface area contributed by atoms with Gasteiger partial charge in [0.05, 0.1) is 48.7 Å². The van der Waals surface area contributed by atoms with Crippen LogP contribution in [0, 0.1) is 41.5 Å². The average molecular weight is 1200 g/mol. The van der Waals surface area contributed by atoms with Crippen molar-refractivity contribution >= 4 is 59.1 Å². The van der Waals surface area contributed by atoms with Crippen LogP contribution >= 0.6 is 0 Å². The van der Waals surface area contributed by atoms with E-state index in [2.05, 4.69) is 75.9 Å². The summed E-state index contributed by atoms with van der Waals surface area (Å²) in [5.41, 5.74) is 23.3. The SMILES string of the molecule is CC(=O)O.CCOC(=O)C1=C(COC(C)(C)C)NC2=C(C(=O)CC(c3c(C)cc(C)cc3C)C2)C1c1cccc(C(N)=O)c1.CCOC(=O)CC(=O)COC(C)(C)C.Cc1cc(C)c(C2CC(=O)CC(=O)C2)c(C)c1.N.NC(=O)c1cccc(C=O)c1. The number of carbonyl (C=O) groups excluding carboxylic acids is 9. The van der Waals surface area contributed by atoms with Crippen LogP contribution in [0.15, 0.2) is 95.3 Å². The van der Waals surface area contributed by atoms with Crippen molar-refractivity contribution in [1.82, 2.24) is 11.5 Å². The number of carboxylic acid groups (broad SMARTS) is 1. The van der Waals surface area contributed by atoms with E-state index in [0.29, 0.717) is 77.7 Å². The van der Waals surface area contributed by atoms with Gasteiger partial charge in [0, 0.05) is 60.1 Å². The quantitative estimate of drug-likeness (QED) is 0.0419. The van der Waals surface area contributed by atoms with E-state index < -0.39 is 41.2 Å². The minimum absolute atomic E-state index is 0. The van der Waals surface area contributed by atoms with Crippen LogP contribution in [0.2, 0.25) is 0 Å². The Balaban J connectivity index is 0.000000449. The van der Waals surface area contributed by atoms with Crippen LogP contribution in [0.1, 0.15) is 200 Å². The zero-order valence-electron chi connectivity index (χ0n) is 53.3. The van der Waals surface area contributed by atoms with Gasteiger partial charge in [-0.05, 0) is 178 Å². The first-order valence-electron chi connectivity index (χ1n) is 28.6. The molecule has 3 aliphatic rings. The van der Waals surface area contributed by atoms with E-state index >= 15 is 0 Å². The van der Waals surface area contributed by atoms with Crippen molar-refractivity contribution in [2.45, 2.75) is 171 Å². The molecule has 0 radical (unpaired) electrons. The second kappa shape index (κ2) is 34.2. The fraction of sp³-hybridized carbons (Fsp3) is 0.441. The Labute approximate surface area is 512 Å². The number of nitrogens with one attached hydrogen (secondary N) is 1. The lowest BCUT2D eigenvalue weighted by molar-refractivity contribution is -0.147. The topological polar surface area (TPSA) is 327 Å². The lowest BCUT2D eigenvalue weighted by Crippen LogP contribution is -2.39. The van der Waals surface area contributed by atoms with Gasteiger partial charge in [-0.25, -0.2) is 4.79 Å². The van der Waals surface area contributed by atoms with E-state index in [9.17, 15) is 43.2 Å². The minimum atomic E-state index is -0.833. The van der Waals surface area contributed by atoms with Crippen LogP contribution in [-0.2, 0) is 52.5 Å². The number of amides is 2. The first-order valence-corrected chi connectivity index (χ1v) is 28.6. The fourth-order valence-corrected chi connectivity index (χ4v) is 10.6. The molecule has 4 aromatic rings. The number of nitrogens with two attached hydrogens (primary N) is 2. The van der Waals surface area contributed by atoms with Crippen molar-refractivity contribution in [3.63, 3.8) is 0 Å². The molecule has 2 atom stereocenters. The molecule has 0 aromatic heterocycles. The Kier molecular flexibility index (Phi) is 29.4. The number of rotatable bonds is 15. The third-order valence-electron chi connectivity index (χ3n) is 13.6. The van der Waals surface area contributed by atoms with Crippen molar-refractivity contribution in [3.8, 4) is 0 Å². The normalized spacial score (nSPS) is 15.6. The highest BCUT2D eigenvalue weighted by Gasteiger charge is 2.43. The second-order valence-electron chi connectivity index (χ2n) is 23.5. The molecule has 472 valence electrons. The van der Waals surface area contributed by atoms with Crippen LogP contribution < -0.4 is 22.9 Å². The Morgan fingerprint density at radius 1 is 0.655 bits per heavy atom. The molecule has 0 bridgehead atoms. The van der Waals surface area contributed by atoms with Gasteiger partial charge in [0.15, 0.2) is 11.6 Å². The zero-order valence-corrected chi connectivity index (χ0v) is 53.3. The molecule has 1 fully saturated rings. The zero-order chi connectivity index (χ0) is 65.0. The molecule has 1 heterocycles. The van der Waals surface area contributed by atoms with E-state index in [1.807, 2.05) is 47.6 Å². The molecule has 9 N–H and O–H groups in total. The number of primary amides is 2. The maximum absolute atomic E-state index is 14.1. The highest BCUT2D eigenvalue weighted by molar-refractivity contribution is 6.05. The summed E-state index contributed by atoms with van der Waals surface area (Å²) in [7, 11) is 0. The van der Waals surface area contributed by atoms with Gasteiger partial charge in [0.2, 0.25) is 11.8 Å². The molecular weight excluding hydrogens is 1110 g/mol. The molecule has 0 saturated heterocycles. The number of aldehydes is 1. The minimum Gasteiger partial charge on any atom is -0.481 e. The summed E-state index contributed by atoms with van der Waals surface area (Å²) in [6, 6.07) is 21.7. The molecule has 1 aliphatic heterocycles. The van der Waals surface area contributed by atoms with Gasteiger partial charge < -0.3 is 47.0 Å². The predicted molar refractivity (Wildman–Crippen MR) is 333 cm³/mol. The van der Waals surface area contributed by atoms with E-state index in [4.69, 9.17) is 35.6 Å². The molecule has 19 nitrogen and oxygen atoms in total. The fourth-order valence-electron chi connectivity index (χ4n) is 10.6. The Morgan fingerprint density at radius 2 is 1.11 bits per heavy atom. The molecule has 2 amide bonds. The number of benzene rings is 4. The van der Waals surface area contributed by atoms with Gasteiger partial charge in [0.1, 0.15) is 30.9 Å². The largest absolute Gasteiger partial charge is 0.481 e. The van der Waals surface area contributed by atoms with E-state index in [-0.39, 0.29) is 79.4 Å². The van der Waals surface area contributed by atoms with Gasteiger partial charge in [-0.1, -0.05) is 59.7 Å². The average Bonchev–Trinajstić information content (AvgIpc) is 0.909. The molecule has 7 rings (SSSR count). The van der Waals surface area contributed by atoms with Crippen LogP contribution in [0.25, 0.3) is 0 Å². The number of ether oxygens (including phenoxy) is 4. The first kappa shape index (κ1) is 74.8. The van der Waals surface area contributed by atoms with Gasteiger partial charge in [-0.2, -0.15) is 0 Å². The highest BCUT2D eigenvalue weighted by atomic mass is 16.5. The summed E-state index contributed by atoms with van der Waals surface area (Å²) in [5, 5.41) is 10.9. The number of aliphatic carboxylic acids is 1. The maximum atomic E-state index is 14.1. The molecule has 87 heavy (non-hydrogen) atoms. The number of aryl methyl sites for hydroxylation is 6. The summed E-state index contributed by atoms with van der Waals surface area (Å²) < 4.78 is 21.5. The monoisotopic (exact) mass is 1200 g/mol. The third kappa shape index (κ3) is 24.2. The number of ketones is 4. The van der Waals surface area contributed by atoms with Crippen LogP contribution in [0.3, 0.4) is 0 Å². The number of esters is 2. The Bertz CT molecular complexity index is 3180. The molecule has 4 aromatic carbocycles. The Morgan fingerprint density at radius 3 is 1.56 bits per heavy atom. The number of hydrogen-bond acceptors (Lipinski definition) is 16.